The molecule has 2 nitrogen and oxygen atoms in total. The van der Waals surface area contributed by atoms with Crippen LogP contribution in [-0.4, -0.2) is 11.3 Å². The largest absolute Gasteiger partial charge is 0.434 e. The molecular weight excluding hydrogens is 350 g/mol. The van der Waals surface area contributed by atoms with E-state index in [2.05, 4.69) is 4.98 Å². The number of carbonyl (C=O) groups excluding carboxylic acids is 1. The molecule has 2 rings (SSSR count). The Morgan fingerprint density at radius 2 is 1.62 bits per heavy atom. The van der Waals surface area contributed by atoms with Gasteiger partial charge in [-0.05, 0) is 24.3 Å². The normalized spacial score (nSPS) is 11.5. The number of aromatic nitrogens is 1. The fourth-order valence-corrected chi connectivity index (χ4v) is 2.25. The molecule has 0 N–H and O–H groups in total. The van der Waals surface area contributed by atoms with E-state index in [4.69, 9.17) is 34.8 Å². The van der Waals surface area contributed by atoms with Gasteiger partial charge in [-0.1, -0.05) is 34.8 Å². The number of benzene rings is 1. The first kappa shape index (κ1) is 16.1. The molecule has 0 fully saturated rings. The number of aldehydes is 1. The zero-order valence-corrected chi connectivity index (χ0v) is 12.3. The molecule has 0 spiro atoms. The van der Waals surface area contributed by atoms with Gasteiger partial charge in [0.15, 0.2) is 12.0 Å². The molecule has 0 amide bonds. The first-order chi connectivity index (χ1) is 9.74. The number of halogens is 6. The number of rotatable bonds is 2. The molecule has 0 aliphatic carbocycles. The standard InChI is InChI=1S/C13H5Cl3F3NO/c14-8-3-7(4-9(15)11(8)16)10-2-1-6(5-21)12(20-10)13(17,18)19/h1-5H. The molecule has 0 saturated heterocycles. The Balaban J connectivity index is 2.63. The number of hydrogen-bond donors (Lipinski definition) is 0. The van der Waals surface area contributed by atoms with Gasteiger partial charge in [-0.2, -0.15) is 13.2 Å². The van der Waals surface area contributed by atoms with Crippen LogP contribution in [0.25, 0.3) is 11.3 Å². The predicted octanol–water partition coefficient (Wildman–Crippen LogP) is 5.54. The van der Waals surface area contributed by atoms with E-state index in [9.17, 15) is 18.0 Å². The maximum Gasteiger partial charge on any atom is 0.434 e. The molecule has 0 radical (unpaired) electrons. The minimum atomic E-state index is -4.74. The molecule has 21 heavy (non-hydrogen) atoms. The van der Waals surface area contributed by atoms with Crippen LogP contribution in [0.2, 0.25) is 15.1 Å². The second-order valence-corrected chi connectivity index (χ2v) is 5.20. The number of pyridine rings is 1. The minimum Gasteiger partial charge on any atom is -0.298 e. The smallest absolute Gasteiger partial charge is 0.298 e. The minimum absolute atomic E-state index is 0.0200. The van der Waals surface area contributed by atoms with Gasteiger partial charge in [0, 0.05) is 11.1 Å². The summed E-state index contributed by atoms with van der Waals surface area (Å²) in [6.07, 6.45) is -4.65. The van der Waals surface area contributed by atoms with Gasteiger partial charge >= 0.3 is 6.18 Å². The Bertz CT molecular complexity index is 693. The lowest BCUT2D eigenvalue weighted by Gasteiger charge is -2.11. The van der Waals surface area contributed by atoms with Crippen LogP contribution in [0.3, 0.4) is 0 Å². The van der Waals surface area contributed by atoms with Gasteiger partial charge in [-0.25, -0.2) is 4.98 Å². The SMILES string of the molecule is O=Cc1ccc(-c2cc(Cl)c(Cl)c(Cl)c2)nc1C(F)(F)F. The molecule has 1 heterocycles. The van der Waals surface area contributed by atoms with Gasteiger partial charge in [-0.3, -0.25) is 4.79 Å². The predicted molar refractivity (Wildman–Crippen MR) is 75.1 cm³/mol. The zero-order valence-electron chi connectivity index (χ0n) is 10.0. The summed E-state index contributed by atoms with van der Waals surface area (Å²) in [5.41, 5.74) is -1.57. The van der Waals surface area contributed by atoms with Crippen molar-refractivity contribution in [3.63, 3.8) is 0 Å². The van der Waals surface area contributed by atoms with Crippen molar-refractivity contribution in [3.8, 4) is 11.3 Å². The van der Waals surface area contributed by atoms with E-state index in [0.717, 1.165) is 6.07 Å². The van der Waals surface area contributed by atoms with Crippen LogP contribution in [-0.2, 0) is 6.18 Å². The lowest BCUT2D eigenvalue weighted by atomic mass is 10.1. The lowest BCUT2D eigenvalue weighted by molar-refractivity contribution is -0.141. The summed E-state index contributed by atoms with van der Waals surface area (Å²) in [7, 11) is 0. The van der Waals surface area contributed by atoms with Crippen LogP contribution in [0.15, 0.2) is 24.3 Å². The first-order valence-electron chi connectivity index (χ1n) is 5.42. The monoisotopic (exact) mass is 353 g/mol. The van der Waals surface area contributed by atoms with Crippen LogP contribution in [0.5, 0.6) is 0 Å². The highest BCUT2D eigenvalue weighted by molar-refractivity contribution is 6.48. The molecule has 8 heteroatoms. The van der Waals surface area contributed by atoms with Crippen molar-refractivity contribution >= 4 is 41.1 Å². The molecule has 1 aromatic heterocycles. The van der Waals surface area contributed by atoms with Crippen molar-refractivity contribution in [2.45, 2.75) is 6.18 Å². The van der Waals surface area contributed by atoms with Crippen LogP contribution < -0.4 is 0 Å². The van der Waals surface area contributed by atoms with E-state index in [0.29, 0.717) is 0 Å². The second kappa shape index (κ2) is 5.83. The van der Waals surface area contributed by atoms with E-state index in [1.165, 1.54) is 18.2 Å². The first-order valence-corrected chi connectivity index (χ1v) is 6.55. The molecule has 0 atom stereocenters. The fraction of sp³-hybridized carbons (Fsp3) is 0.0769. The second-order valence-electron chi connectivity index (χ2n) is 4.00. The number of hydrogen-bond acceptors (Lipinski definition) is 2. The van der Waals surface area contributed by atoms with Crippen molar-refractivity contribution in [1.29, 1.82) is 0 Å². The Morgan fingerprint density at radius 1 is 1.05 bits per heavy atom. The third kappa shape index (κ3) is 3.31. The summed E-state index contributed by atoms with van der Waals surface area (Å²) < 4.78 is 38.6. The Kier molecular flexibility index (Phi) is 4.46. The van der Waals surface area contributed by atoms with Gasteiger partial charge < -0.3 is 0 Å². The summed E-state index contributed by atoms with van der Waals surface area (Å²) in [6, 6.07) is 5.00. The van der Waals surface area contributed by atoms with E-state index in [1.54, 1.807) is 0 Å². The quantitative estimate of drug-likeness (QED) is 0.523. The van der Waals surface area contributed by atoms with Crippen LogP contribution in [0.4, 0.5) is 13.2 Å². The van der Waals surface area contributed by atoms with Gasteiger partial charge in [0.05, 0.1) is 20.8 Å². The maximum absolute atomic E-state index is 12.9. The molecule has 0 aliphatic heterocycles. The molecule has 110 valence electrons. The van der Waals surface area contributed by atoms with Crippen molar-refractivity contribution in [2.75, 3.05) is 0 Å². The molecule has 2 aromatic rings. The van der Waals surface area contributed by atoms with E-state index in [-0.39, 0.29) is 32.6 Å². The van der Waals surface area contributed by atoms with E-state index in [1.807, 2.05) is 0 Å². The highest BCUT2D eigenvalue weighted by Crippen LogP contribution is 2.36. The molecule has 0 bridgehead atoms. The fourth-order valence-electron chi connectivity index (χ4n) is 1.66. The van der Waals surface area contributed by atoms with E-state index >= 15 is 0 Å². The Labute approximate surface area is 132 Å². The van der Waals surface area contributed by atoms with Gasteiger partial charge in [0.2, 0.25) is 0 Å². The zero-order chi connectivity index (χ0) is 15.8. The molecule has 0 unspecified atom stereocenters. The highest BCUT2D eigenvalue weighted by atomic mass is 35.5. The van der Waals surface area contributed by atoms with E-state index < -0.39 is 17.4 Å². The number of carbonyl (C=O) groups is 1. The summed E-state index contributed by atoms with van der Waals surface area (Å²) in [4.78, 5) is 14.2. The molecule has 0 aliphatic rings. The highest BCUT2D eigenvalue weighted by Gasteiger charge is 2.35. The van der Waals surface area contributed by atoms with Crippen molar-refractivity contribution in [2.24, 2.45) is 0 Å². The average molecular weight is 355 g/mol. The van der Waals surface area contributed by atoms with Crippen molar-refractivity contribution in [1.82, 2.24) is 4.98 Å². The van der Waals surface area contributed by atoms with Crippen LogP contribution >= 0.6 is 34.8 Å². The topological polar surface area (TPSA) is 30.0 Å². The molecule has 1 aromatic carbocycles. The molecular formula is C13H5Cl3F3NO. The molecule has 0 saturated carbocycles. The van der Waals surface area contributed by atoms with Gasteiger partial charge in [0.1, 0.15) is 0 Å². The summed E-state index contributed by atoms with van der Waals surface area (Å²) in [6.45, 7) is 0. The van der Waals surface area contributed by atoms with Crippen LogP contribution in [0, 0.1) is 0 Å². The maximum atomic E-state index is 12.9. The van der Waals surface area contributed by atoms with Crippen molar-refractivity contribution < 1.29 is 18.0 Å². The van der Waals surface area contributed by atoms with Crippen molar-refractivity contribution in [3.05, 3.63) is 50.6 Å². The van der Waals surface area contributed by atoms with Gasteiger partial charge in [-0.15, -0.1) is 0 Å². The lowest BCUT2D eigenvalue weighted by Crippen LogP contribution is -2.12. The summed E-state index contributed by atoms with van der Waals surface area (Å²) >= 11 is 17.4. The number of nitrogens with zero attached hydrogens (tertiary/aromatic N) is 1. The summed E-state index contributed by atoms with van der Waals surface area (Å²) in [5, 5.41) is 0.283. The third-order valence-corrected chi connectivity index (χ3v) is 3.80. The van der Waals surface area contributed by atoms with Crippen LogP contribution in [0.1, 0.15) is 16.1 Å². The van der Waals surface area contributed by atoms with Gasteiger partial charge in [0.25, 0.3) is 0 Å². The number of alkyl halides is 3. The average Bonchev–Trinajstić information content (AvgIpc) is 2.42. The Hall–Kier alpha value is -1.30. The third-order valence-electron chi connectivity index (χ3n) is 2.60. The Morgan fingerprint density at radius 3 is 2.10 bits per heavy atom. The summed E-state index contributed by atoms with van der Waals surface area (Å²) in [5.74, 6) is 0.